The lowest BCUT2D eigenvalue weighted by atomic mass is 9.70. The highest BCUT2D eigenvalue weighted by Gasteiger charge is 2.51. The molecule has 11 heteroatoms. The van der Waals surface area contributed by atoms with Crippen LogP contribution in [0.1, 0.15) is 75.9 Å². The molecule has 240 valence electrons. The highest BCUT2D eigenvalue weighted by Crippen LogP contribution is 2.48. The van der Waals surface area contributed by atoms with Crippen LogP contribution >= 0.6 is 23.4 Å². The molecular weight excluding hydrogens is 588 g/mol. The number of carboxylic acids is 1. The molecule has 0 bridgehead atoms. The maximum Gasteiger partial charge on any atom is 0.308 e. The van der Waals surface area contributed by atoms with Crippen molar-refractivity contribution >= 4 is 29.3 Å². The van der Waals surface area contributed by atoms with Crippen LogP contribution in [-0.2, 0) is 28.9 Å². The summed E-state index contributed by atoms with van der Waals surface area (Å²) in [5, 5.41) is 24.0. The number of alkyl halides is 1. The molecule has 0 spiro atoms. The zero-order chi connectivity index (χ0) is 30.6. The van der Waals surface area contributed by atoms with E-state index in [-0.39, 0.29) is 46.3 Å². The summed E-state index contributed by atoms with van der Waals surface area (Å²) in [6.45, 7) is 6.87. The van der Waals surface area contributed by atoms with Crippen LogP contribution in [0, 0.1) is 24.7 Å². The van der Waals surface area contributed by atoms with Crippen LogP contribution in [0.25, 0.3) is 0 Å². The third kappa shape index (κ3) is 6.43. The number of piperidine rings is 1. The SMILES string of the molecule is Cc1nc2c(c(=O)n1CCOC1CC(Cl)CCC1C1CC(C)NC3C(C(=O)O)CSC13)C[C@H](N(C)C1CC(C)(O)C1)CC2. The molecule has 0 radical (unpaired) electrons. The summed E-state index contributed by atoms with van der Waals surface area (Å²) >= 11 is 8.49. The second-order valence-corrected chi connectivity index (χ2v) is 16.2. The fraction of sp³-hybridized carbons (Fsp3) is 0.844. The minimum atomic E-state index is -0.703. The number of ether oxygens (including phenoxy) is 1. The normalized spacial score (nSPS) is 41.0. The number of aromatic nitrogens is 2. The largest absolute Gasteiger partial charge is 0.481 e. The van der Waals surface area contributed by atoms with Gasteiger partial charge in [-0.25, -0.2) is 4.98 Å². The van der Waals surface area contributed by atoms with E-state index < -0.39 is 11.6 Å². The van der Waals surface area contributed by atoms with Gasteiger partial charge < -0.3 is 20.3 Å². The molecule has 2 saturated heterocycles. The Morgan fingerprint density at radius 3 is 2.72 bits per heavy atom. The summed E-state index contributed by atoms with van der Waals surface area (Å²) in [5.74, 6) is 1.05. The van der Waals surface area contributed by atoms with E-state index in [1.807, 2.05) is 25.6 Å². The first-order chi connectivity index (χ1) is 20.4. The van der Waals surface area contributed by atoms with Gasteiger partial charge in [-0.2, -0.15) is 11.8 Å². The van der Waals surface area contributed by atoms with Crippen molar-refractivity contribution in [1.82, 2.24) is 19.8 Å². The molecular formula is C32H49ClN4O5S. The van der Waals surface area contributed by atoms with Crippen molar-refractivity contribution in [2.24, 2.45) is 17.8 Å². The lowest BCUT2D eigenvalue weighted by molar-refractivity contribution is -0.142. The lowest BCUT2D eigenvalue weighted by Gasteiger charge is -2.48. The molecule has 6 rings (SSSR count). The monoisotopic (exact) mass is 636 g/mol. The molecule has 43 heavy (non-hydrogen) atoms. The highest BCUT2D eigenvalue weighted by atomic mass is 35.5. The molecule has 9 nitrogen and oxygen atoms in total. The van der Waals surface area contributed by atoms with E-state index >= 15 is 0 Å². The Balaban J connectivity index is 1.13. The number of thioether (sulfide) groups is 1. The van der Waals surface area contributed by atoms with E-state index in [1.54, 1.807) is 4.57 Å². The van der Waals surface area contributed by atoms with Gasteiger partial charge in [0.05, 0.1) is 36.5 Å². The van der Waals surface area contributed by atoms with E-state index in [0.717, 1.165) is 68.4 Å². The summed E-state index contributed by atoms with van der Waals surface area (Å²) in [5.41, 5.74) is 1.25. The molecule has 9 atom stereocenters. The number of nitrogens with zero attached hydrogens (tertiary/aromatic N) is 3. The van der Waals surface area contributed by atoms with Gasteiger partial charge in [-0.1, -0.05) is 0 Å². The Labute approximate surface area is 264 Å². The summed E-state index contributed by atoms with van der Waals surface area (Å²) < 4.78 is 8.41. The summed E-state index contributed by atoms with van der Waals surface area (Å²) in [7, 11) is 2.13. The van der Waals surface area contributed by atoms with Crippen molar-refractivity contribution in [3.05, 3.63) is 27.4 Å². The van der Waals surface area contributed by atoms with Crippen molar-refractivity contribution in [3.8, 4) is 0 Å². The van der Waals surface area contributed by atoms with Crippen molar-refractivity contribution in [1.29, 1.82) is 0 Å². The summed E-state index contributed by atoms with van der Waals surface area (Å²) in [4.78, 5) is 33.0. The smallest absolute Gasteiger partial charge is 0.308 e. The number of nitrogens with one attached hydrogen (secondary N) is 1. The van der Waals surface area contributed by atoms with Crippen LogP contribution in [0.3, 0.4) is 0 Å². The van der Waals surface area contributed by atoms with Crippen LogP contribution < -0.4 is 10.9 Å². The average molecular weight is 637 g/mol. The van der Waals surface area contributed by atoms with Crippen LogP contribution in [-0.4, -0.2) is 96.5 Å². The molecule has 0 amide bonds. The van der Waals surface area contributed by atoms with Crippen molar-refractivity contribution in [3.63, 3.8) is 0 Å². The van der Waals surface area contributed by atoms with Gasteiger partial charge in [-0.3, -0.25) is 19.1 Å². The average Bonchev–Trinajstić information content (AvgIpc) is 3.37. The van der Waals surface area contributed by atoms with Gasteiger partial charge in [0.2, 0.25) is 0 Å². The minimum Gasteiger partial charge on any atom is -0.481 e. The number of hydrogen-bond acceptors (Lipinski definition) is 8. The number of rotatable bonds is 8. The number of aryl methyl sites for hydroxylation is 2. The molecule has 2 saturated carbocycles. The third-order valence-electron chi connectivity index (χ3n) is 11.3. The Hall–Kier alpha value is -1.17. The Morgan fingerprint density at radius 2 is 2.00 bits per heavy atom. The molecule has 2 aliphatic heterocycles. The molecule has 4 fully saturated rings. The van der Waals surface area contributed by atoms with E-state index in [1.165, 1.54) is 0 Å². The van der Waals surface area contributed by atoms with Crippen LogP contribution in [0.4, 0.5) is 0 Å². The predicted molar refractivity (Wildman–Crippen MR) is 169 cm³/mol. The fourth-order valence-corrected chi connectivity index (χ4v) is 11.0. The fourth-order valence-electron chi connectivity index (χ4n) is 8.88. The molecule has 1 aromatic heterocycles. The predicted octanol–water partition coefficient (Wildman–Crippen LogP) is 3.23. The molecule has 3 heterocycles. The first kappa shape index (κ1) is 31.8. The van der Waals surface area contributed by atoms with Crippen molar-refractivity contribution in [2.45, 2.75) is 132 Å². The van der Waals surface area contributed by atoms with Crippen molar-refractivity contribution < 1.29 is 19.7 Å². The molecule has 1 aromatic rings. The number of carbonyl (C=O) groups is 1. The Morgan fingerprint density at radius 1 is 1.23 bits per heavy atom. The molecule has 0 aromatic carbocycles. The van der Waals surface area contributed by atoms with Crippen LogP contribution in [0.5, 0.6) is 0 Å². The number of halogens is 1. The Kier molecular flexibility index (Phi) is 9.28. The maximum atomic E-state index is 13.8. The van der Waals surface area contributed by atoms with Gasteiger partial charge >= 0.3 is 5.97 Å². The number of carboxylic acid groups (broad SMARTS) is 1. The number of aliphatic hydroxyl groups is 1. The topological polar surface area (TPSA) is 117 Å². The number of likely N-dealkylation sites (N-methyl/N-ethyl adjacent to an activating group) is 1. The maximum absolute atomic E-state index is 13.8. The molecule has 5 aliphatic rings. The Bertz CT molecular complexity index is 1250. The molecule has 3 aliphatic carbocycles. The zero-order valence-corrected chi connectivity index (χ0v) is 27.6. The number of fused-ring (bicyclic) bond motifs is 2. The lowest BCUT2D eigenvalue weighted by Crippen LogP contribution is -2.57. The zero-order valence-electron chi connectivity index (χ0n) is 26.0. The van der Waals surface area contributed by atoms with Gasteiger partial charge in [0.15, 0.2) is 0 Å². The van der Waals surface area contributed by atoms with Gasteiger partial charge in [0, 0.05) is 46.1 Å². The second kappa shape index (κ2) is 12.6. The first-order valence-corrected chi connectivity index (χ1v) is 17.8. The highest BCUT2D eigenvalue weighted by molar-refractivity contribution is 8.00. The third-order valence-corrected chi connectivity index (χ3v) is 13.2. The van der Waals surface area contributed by atoms with E-state index in [9.17, 15) is 19.8 Å². The summed E-state index contributed by atoms with van der Waals surface area (Å²) in [6, 6.07) is 0.906. The van der Waals surface area contributed by atoms with Crippen LogP contribution in [0.15, 0.2) is 4.79 Å². The van der Waals surface area contributed by atoms with Gasteiger partial charge in [-0.15, -0.1) is 11.6 Å². The van der Waals surface area contributed by atoms with Crippen LogP contribution in [0.2, 0.25) is 0 Å². The standard InChI is InChI=1S/C32H49ClN4O5S/c1-17-11-23(29-28(34-17)25(16-43-29)31(39)40)22-7-5-19(33)12-27(22)42-10-9-37-18(2)35-26-8-6-20(13-24(26)30(37)38)36(4)21-14-32(3,41)15-21/h17,19-23,25,27-29,34,41H,5-16H2,1-4H3,(H,39,40)/t17?,19?,20-,21?,22?,23?,25?,27?,28?,29?,32?/m1/s1. The number of aliphatic carboxylic acids is 1. The second-order valence-electron chi connectivity index (χ2n) is 14.4. The molecule has 8 unspecified atom stereocenters. The minimum absolute atomic E-state index is 0.00371. The molecule has 3 N–H and O–H groups in total. The van der Waals surface area contributed by atoms with E-state index in [2.05, 4.69) is 24.2 Å². The summed E-state index contributed by atoms with van der Waals surface area (Å²) in [6.07, 6.45) is 7.78. The first-order valence-electron chi connectivity index (χ1n) is 16.3. The van der Waals surface area contributed by atoms with E-state index in [4.69, 9.17) is 21.3 Å². The van der Waals surface area contributed by atoms with Gasteiger partial charge in [-0.05, 0) is 97.4 Å². The van der Waals surface area contributed by atoms with Crippen molar-refractivity contribution in [2.75, 3.05) is 19.4 Å². The van der Waals surface area contributed by atoms with Gasteiger partial charge in [0.1, 0.15) is 5.82 Å². The van der Waals surface area contributed by atoms with E-state index in [0.29, 0.717) is 43.2 Å². The van der Waals surface area contributed by atoms with Gasteiger partial charge in [0.25, 0.3) is 5.56 Å². The quantitative estimate of drug-likeness (QED) is 0.370. The number of hydrogen-bond donors (Lipinski definition) is 3.